The molecular formula is C20H28ClN5OS. The monoisotopic (exact) mass is 421 g/mol. The Balaban J connectivity index is 1.81. The lowest BCUT2D eigenvalue weighted by Crippen LogP contribution is -2.32. The molecule has 0 saturated carbocycles. The molecule has 1 aromatic carbocycles. The fourth-order valence-electron chi connectivity index (χ4n) is 3.14. The van der Waals surface area contributed by atoms with Crippen LogP contribution in [-0.4, -0.2) is 45.6 Å². The van der Waals surface area contributed by atoms with Crippen LogP contribution >= 0.6 is 23.4 Å². The molecule has 0 aliphatic carbocycles. The summed E-state index contributed by atoms with van der Waals surface area (Å²) >= 11 is 7.65. The Morgan fingerprint density at radius 2 is 2.00 bits per heavy atom. The van der Waals surface area contributed by atoms with Crippen molar-refractivity contribution in [1.29, 1.82) is 0 Å². The number of nitrogens with one attached hydrogen (secondary N) is 1. The highest BCUT2D eigenvalue weighted by atomic mass is 35.5. The largest absolute Gasteiger partial charge is 0.355 e. The molecule has 6 nitrogen and oxygen atoms in total. The van der Waals surface area contributed by atoms with Crippen LogP contribution in [0.5, 0.6) is 0 Å². The normalized spacial score (nSPS) is 15.2. The van der Waals surface area contributed by atoms with Crippen molar-refractivity contribution in [2.45, 2.75) is 50.4 Å². The van der Waals surface area contributed by atoms with E-state index >= 15 is 0 Å². The van der Waals surface area contributed by atoms with Gasteiger partial charge in [0.2, 0.25) is 11.9 Å². The molecule has 1 aromatic heterocycles. The molecular weight excluding hydrogens is 394 g/mol. The number of aromatic nitrogens is 3. The predicted octanol–water partition coefficient (Wildman–Crippen LogP) is 4.16. The predicted molar refractivity (Wildman–Crippen MR) is 116 cm³/mol. The molecule has 2 aromatic rings. The summed E-state index contributed by atoms with van der Waals surface area (Å²) in [5.74, 6) is 1.40. The third-order valence-corrected chi connectivity index (χ3v) is 6.02. The van der Waals surface area contributed by atoms with Crippen molar-refractivity contribution < 1.29 is 4.79 Å². The number of hydrogen-bond acceptors (Lipinski definition) is 5. The van der Waals surface area contributed by atoms with Gasteiger partial charge < -0.3 is 10.2 Å². The first kappa shape index (κ1) is 21.0. The minimum absolute atomic E-state index is 0.0222. The number of hydrogen-bond donors (Lipinski definition) is 1. The Kier molecular flexibility index (Phi) is 7.24. The third-order valence-electron chi connectivity index (χ3n) is 4.74. The van der Waals surface area contributed by atoms with E-state index in [0.717, 1.165) is 44.0 Å². The van der Waals surface area contributed by atoms with Crippen LogP contribution in [0.4, 0.5) is 5.95 Å². The lowest BCUT2D eigenvalue weighted by molar-refractivity contribution is -0.120. The quantitative estimate of drug-likeness (QED) is 0.648. The van der Waals surface area contributed by atoms with Crippen molar-refractivity contribution >= 4 is 35.2 Å². The van der Waals surface area contributed by atoms with E-state index in [1.807, 2.05) is 35.8 Å². The molecule has 1 atom stereocenters. The van der Waals surface area contributed by atoms with Crippen LogP contribution in [-0.2, 0) is 4.79 Å². The van der Waals surface area contributed by atoms with Gasteiger partial charge in [0.05, 0.1) is 10.9 Å². The Labute approximate surface area is 176 Å². The summed E-state index contributed by atoms with van der Waals surface area (Å²) < 4.78 is 2.01. The van der Waals surface area contributed by atoms with Crippen molar-refractivity contribution in [3.63, 3.8) is 0 Å². The molecule has 8 heteroatoms. The number of rotatable bonds is 8. The minimum Gasteiger partial charge on any atom is -0.355 e. The highest BCUT2D eigenvalue weighted by Crippen LogP contribution is 2.31. The first-order valence-electron chi connectivity index (χ1n) is 9.86. The summed E-state index contributed by atoms with van der Waals surface area (Å²) in [4.78, 5) is 14.7. The van der Waals surface area contributed by atoms with E-state index < -0.39 is 0 Å². The first-order valence-corrected chi connectivity index (χ1v) is 11.1. The molecule has 1 fully saturated rings. The standard InChI is InChI=1S/C20H28ClN5OS/c1-14(2)9-10-22-18(27)15(3)28-20-24-23-19(25-11-4-5-12-25)26(20)17-8-6-7-16(21)13-17/h6-8,13-15H,4-5,9-12H2,1-3H3,(H,22,27). The maximum atomic E-state index is 12.5. The number of thioether (sulfide) groups is 1. The van der Waals surface area contributed by atoms with Gasteiger partial charge in [0.15, 0.2) is 5.16 Å². The zero-order valence-corrected chi connectivity index (χ0v) is 18.3. The number of amides is 1. The van der Waals surface area contributed by atoms with Crippen molar-refractivity contribution in [3.8, 4) is 5.69 Å². The molecule has 3 rings (SSSR count). The summed E-state index contributed by atoms with van der Waals surface area (Å²) in [6.45, 7) is 8.84. The highest BCUT2D eigenvalue weighted by molar-refractivity contribution is 8.00. The molecule has 1 aliphatic heterocycles. The zero-order chi connectivity index (χ0) is 20.1. The molecule has 152 valence electrons. The van der Waals surface area contributed by atoms with Crippen molar-refractivity contribution in [2.75, 3.05) is 24.5 Å². The number of anilines is 1. The van der Waals surface area contributed by atoms with E-state index in [9.17, 15) is 4.79 Å². The number of carbonyl (C=O) groups is 1. The Morgan fingerprint density at radius 1 is 1.25 bits per heavy atom. The van der Waals surface area contributed by atoms with Crippen LogP contribution < -0.4 is 10.2 Å². The van der Waals surface area contributed by atoms with Gasteiger partial charge >= 0.3 is 0 Å². The van der Waals surface area contributed by atoms with Gasteiger partial charge in [0, 0.05) is 24.7 Å². The second kappa shape index (κ2) is 9.65. The molecule has 0 spiro atoms. The lowest BCUT2D eigenvalue weighted by Gasteiger charge is -2.19. The molecule has 0 radical (unpaired) electrons. The van der Waals surface area contributed by atoms with Crippen LogP contribution in [0.2, 0.25) is 5.02 Å². The summed E-state index contributed by atoms with van der Waals surface area (Å²) in [5, 5.41) is 13.0. The van der Waals surface area contributed by atoms with Crippen LogP contribution in [0.25, 0.3) is 5.69 Å². The van der Waals surface area contributed by atoms with Gasteiger partial charge in [0.1, 0.15) is 0 Å². The highest BCUT2D eigenvalue weighted by Gasteiger charge is 2.25. The van der Waals surface area contributed by atoms with Crippen LogP contribution in [0.15, 0.2) is 29.4 Å². The van der Waals surface area contributed by atoms with Crippen LogP contribution in [0.3, 0.4) is 0 Å². The molecule has 1 amide bonds. The third kappa shape index (κ3) is 5.20. The van der Waals surface area contributed by atoms with Gasteiger partial charge in [0.25, 0.3) is 0 Å². The molecule has 1 aliphatic rings. The lowest BCUT2D eigenvalue weighted by atomic mass is 10.1. The second-order valence-corrected chi connectivity index (χ2v) is 9.27. The summed E-state index contributed by atoms with van der Waals surface area (Å²) in [7, 11) is 0. The zero-order valence-electron chi connectivity index (χ0n) is 16.7. The Bertz CT molecular complexity index is 804. The average molecular weight is 422 g/mol. The summed E-state index contributed by atoms with van der Waals surface area (Å²) in [5.41, 5.74) is 0.911. The number of carbonyl (C=O) groups excluding carboxylic acids is 1. The Morgan fingerprint density at radius 3 is 2.68 bits per heavy atom. The van der Waals surface area contributed by atoms with E-state index in [1.54, 1.807) is 0 Å². The van der Waals surface area contributed by atoms with Crippen molar-refractivity contribution in [3.05, 3.63) is 29.3 Å². The maximum absolute atomic E-state index is 12.5. The fourth-order valence-corrected chi connectivity index (χ4v) is 4.21. The van der Waals surface area contributed by atoms with E-state index in [4.69, 9.17) is 11.6 Å². The van der Waals surface area contributed by atoms with E-state index in [0.29, 0.717) is 22.6 Å². The summed E-state index contributed by atoms with van der Waals surface area (Å²) in [6.07, 6.45) is 3.28. The molecule has 1 saturated heterocycles. The van der Waals surface area contributed by atoms with Gasteiger partial charge in [-0.25, -0.2) is 0 Å². The molecule has 28 heavy (non-hydrogen) atoms. The van der Waals surface area contributed by atoms with Crippen LogP contribution in [0.1, 0.15) is 40.0 Å². The number of nitrogens with zero attached hydrogens (tertiary/aromatic N) is 4. The second-order valence-electron chi connectivity index (χ2n) is 7.53. The SMILES string of the molecule is CC(C)CCNC(=O)C(C)Sc1nnc(N2CCCC2)n1-c1cccc(Cl)c1. The average Bonchev–Trinajstić information content (AvgIpc) is 3.30. The molecule has 2 heterocycles. The van der Waals surface area contributed by atoms with Crippen molar-refractivity contribution in [1.82, 2.24) is 20.1 Å². The van der Waals surface area contributed by atoms with E-state index in [2.05, 4.69) is 34.3 Å². The minimum atomic E-state index is -0.263. The number of benzene rings is 1. The van der Waals surface area contributed by atoms with Gasteiger partial charge in [-0.3, -0.25) is 9.36 Å². The van der Waals surface area contributed by atoms with Gasteiger partial charge in [-0.05, 0) is 50.3 Å². The smallest absolute Gasteiger partial charge is 0.233 e. The Hall–Kier alpha value is -1.73. The molecule has 1 N–H and O–H groups in total. The van der Waals surface area contributed by atoms with Crippen LogP contribution in [0, 0.1) is 5.92 Å². The van der Waals surface area contributed by atoms with Gasteiger partial charge in [-0.2, -0.15) is 0 Å². The number of halogens is 1. The van der Waals surface area contributed by atoms with Crippen molar-refractivity contribution in [2.24, 2.45) is 5.92 Å². The van der Waals surface area contributed by atoms with Gasteiger partial charge in [-0.15, -0.1) is 10.2 Å². The molecule has 0 bridgehead atoms. The van der Waals surface area contributed by atoms with E-state index in [-0.39, 0.29) is 11.2 Å². The fraction of sp³-hybridized carbons (Fsp3) is 0.550. The first-order chi connectivity index (χ1) is 13.5. The topological polar surface area (TPSA) is 63.1 Å². The molecule has 1 unspecified atom stereocenters. The maximum Gasteiger partial charge on any atom is 0.233 e. The van der Waals surface area contributed by atoms with Gasteiger partial charge in [-0.1, -0.05) is 43.3 Å². The summed E-state index contributed by atoms with van der Waals surface area (Å²) in [6, 6.07) is 7.67. The van der Waals surface area contributed by atoms with E-state index in [1.165, 1.54) is 11.8 Å².